The fourth-order valence-corrected chi connectivity index (χ4v) is 0.984. The Labute approximate surface area is 186 Å². The van der Waals surface area contributed by atoms with Gasteiger partial charge in [0.25, 0.3) is 0 Å². The molecular weight excluding hydrogens is 430 g/mol. The molecule has 180 valence electrons. The average Bonchev–Trinajstić information content (AvgIpc) is 2.60. The van der Waals surface area contributed by atoms with Crippen LogP contribution in [0, 0.1) is 6.92 Å². The molecule has 0 aromatic heterocycles. The molecule has 13 nitrogen and oxygen atoms in total. The summed E-state index contributed by atoms with van der Waals surface area (Å²) < 4.78 is 8.34. The highest BCUT2D eigenvalue weighted by molar-refractivity contribution is 5.94. The lowest BCUT2D eigenvalue weighted by Gasteiger charge is -2.01. The van der Waals surface area contributed by atoms with Crippen molar-refractivity contribution in [2.75, 3.05) is 6.61 Å². The molecule has 0 heterocycles. The van der Waals surface area contributed by atoms with E-state index in [1.54, 1.807) is 0 Å². The number of imide groups is 1. The molecule has 5 N–H and O–H groups in total. The normalized spacial score (nSPS) is 9.03. The minimum atomic E-state index is -0.791. The Morgan fingerprint density at radius 1 is 1.03 bits per heavy atom. The fraction of sp³-hybridized carbons (Fsp3) is 0.368. The number of aliphatic hydroxyl groups excluding tert-OH is 1. The van der Waals surface area contributed by atoms with E-state index in [9.17, 15) is 33.6 Å². The Morgan fingerprint density at radius 3 is 1.66 bits per heavy atom. The number of nitrogens with one attached hydrogen (secondary N) is 2. The number of rotatable bonds is 6. The van der Waals surface area contributed by atoms with Crippen LogP contribution in [0.3, 0.4) is 0 Å². The van der Waals surface area contributed by atoms with Crippen molar-refractivity contribution in [1.82, 2.24) is 10.6 Å². The summed E-state index contributed by atoms with van der Waals surface area (Å²) in [6.45, 7) is 14.2. The lowest BCUT2D eigenvalue weighted by Crippen LogP contribution is -2.30. The number of aliphatic hydroxyl groups is 1. The Morgan fingerprint density at radius 2 is 1.47 bits per heavy atom. The molecule has 0 unspecified atom stereocenters. The third-order valence-corrected chi connectivity index (χ3v) is 1.93. The maximum Gasteiger partial charge on any atom is 0.493 e. The van der Waals surface area contributed by atoms with Crippen molar-refractivity contribution in [2.45, 2.75) is 40.3 Å². The monoisotopic (exact) mass is 460 g/mol. The summed E-state index contributed by atoms with van der Waals surface area (Å²) >= 11 is 0. The summed E-state index contributed by atoms with van der Waals surface area (Å²) in [5, 5.41) is 12.7. The maximum absolute atomic E-state index is 10.7. The summed E-state index contributed by atoms with van der Waals surface area (Å²) in [6.07, 6.45) is 1.34. The molecule has 32 heavy (non-hydrogen) atoms. The molecule has 4 amide bonds. The molecule has 1 atom stereocenters. The van der Waals surface area contributed by atoms with Gasteiger partial charge < -0.3 is 25.6 Å². The van der Waals surface area contributed by atoms with Gasteiger partial charge >= 0.3 is 17.9 Å². The third-order valence-electron chi connectivity index (χ3n) is 1.93. The first-order valence-corrected chi connectivity index (χ1v) is 8.59. The number of esters is 3. The van der Waals surface area contributed by atoms with Gasteiger partial charge in [0.15, 0.2) is 6.92 Å². The van der Waals surface area contributed by atoms with Crippen LogP contribution in [-0.4, -0.2) is 59.5 Å². The Bertz CT molecular complexity index is 660. The van der Waals surface area contributed by atoms with E-state index in [0.29, 0.717) is 0 Å². The highest BCUT2D eigenvalue weighted by Gasteiger charge is 2.06. The molecule has 0 aliphatic carbocycles. The zero-order valence-corrected chi connectivity index (χ0v) is 18.5. The first-order chi connectivity index (χ1) is 14.6. The van der Waals surface area contributed by atoms with E-state index in [1.165, 1.54) is 27.7 Å². The largest absolute Gasteiger partial charge is 0.493 e. The van der Waals surface area contributed by atoms with Gasteiger partial charge in [0.1, 0.15) is 12.8 Å². The number of primary amides is 1. The smallest absolute Gasteiger partial charge is 0.429 e. The van der Waals surface area contributed by atoms with Gasteiger partial charge in [-0.1, -0.05) is 13.2 Å². The van der Waals surface area contributed by atoms with E-state index in [-0.39, 0.29) is 18.9 Å². The molecule has 0 bridgehead atoms. The molecule has 0 radical (unpaired) electrons. The second-order valence-electron chi connectivity index (χ2n) is 5.16. The van der Waals surface area contributed by atoms with Crippen LogP contribution in [0.2, 0.25) is 0 Å². The van der Waals surface area contributed by atoms with Crippen molar-refractivity contribution in [3.05, 3.63) is 32.2 Å². The topological polar surface area (TPSA) is 208 Å². The van der Waals surface area contributed by atoms with E-state index in [2.05, 4.69) is 40.6 Å². The number of hydrogen-bond donors (Lipinski definition) is 4. The number of amides is 4. The predicted octanol–water partition coefficient (Wildman–Crippen LogP) is -1.20. The van der Waals surface area contributed by atoms with Crippen LogP contribution >= 0.6 is 0 Å². The second kappa shape index (κ2) is 23.3. The minimum absolute atomic E-state index is 0.0269. The number of nitrogens with two attached hydrogens (primary N) is 1. The highest BCUT2D eigenvalue weighted by atomic mass is 16.6. The van der Waals surface area contributed by atoms with Crippen LogP contribution in [0.25, 0.3) is 0 Å². The van der Waals surface area contributed by atoms with Crippen LogP contribution in [0.5, 0.6) is 0 Å². The SMILES string of the molecule is C=CC(=O)N[C@H](C)O.C=CC(N)=O.CC(=O)OC(C)=O.[CH2+]C(=O)OCCC(=O)NC(C)=O. The van der Waals surface area contributed by atoms with Crippen LogP contribution in [0.15, 0.2) is 25.3 Å². The number of carbonyl (C=O) groups is 7. The number of carbonyl (C=O) groups excluding carboxylic acids is 7. The molecule has 13 heteroatoms. The molecule has 0 rings (SSSR count). The van der Waals surface area contributed by atoms with Crippen LogP contribution in [0.4, 0.5) is 0 Å². The summed E-state index contributed by atoms with van der Waals surface area (Å²) in [5.41, 5.74) is 4.53. The van der Waals surface area contributed by atoms with Crippen LogP contribution in [-0.2, 0) is 43.0 Å². The molecule has 0 aromatic carbocycles. The van der Waals surface area contributed by atoms with Crippen LogP contribution < -0.4 is 16.4 Å². The van der Waals surface area contributed by atoms with Gasteiger partial charge in [0.05, 0.1) is 6.42 Å². The summed E-state index contributed by atoms with van der Waals surface area (Å²) in [4.78, 5) is 70.4. The van der Waals surface area contributed by atoms with Gasteiger partial charge in [-0.15, -0.1) is 0 Å². The zero-order chi connectivity index (χ0) is 26.3. The summed E-state index contributed by atoms with van der Waals surface area (Å²) in [5.74, 6) is -3.56. The minimum Gasteiger partial charge on any atom is -0.429 e. The van der Waals surface area contributed by atoms with Crippen molar-refractivity contribution < 1.29 is 48.1 Å². The van der Waals surface area contributed by atoms with Crippen molar-refractivity contribution in [3.63, 3.8) is 0 Å². The van der Waals surface area contributed by atoms with Crippen molar-refractivity contribution in [2.24, 2.45) is 5.73 Å². The van der Waals surface area contributed by atoms with Crippen LogP contribution in [0.1, 0.15) is 34.1 Å². The van der Waals surface area contributed by atoms with E-state index >= 15 is 0 Å². The van der Waals surface area contributed by atoms with Crippen molar-refractivity contribution >= 4 is 41.5 Å². The van der Waals surface area contributed by atoms with E-state index in [0.717, 1.165) is 12.2 Å². The van der Waals surface area contributed by atoms with E-state index in [4.69, 9.17) is 5.11 Å². The molecule has 0 fully saturated rings. The van der Waals surface area contributed by atoms with E-state index in [1.807, 2.05) is 5.32 Å². The number of hydrogen-bond acceptors (Lipinski definition) is 10. The summed E-state index contributed by atoms with van der Waals surface area (Å²) in [6, 6.07) is 0. The van der Waals surface area contributed by atoms with Gasteiger partial charge in [-0.3, -0.25) is 34.1 Å². The average molecular weight is 460 g/mol. The van der Waals surface area contributed by atoms with Gasteiger partial charge in [0.2, 0.25) is 23.6 Å². The lowest BCUT2D eigenvalue weighted by molar-refractivity contribution is -0.156. The summed E-state index contributed by atoms with van der Waals surface area (Å²) in [7, 11) is 0. The molecule has 0 aliphatic rings. The molecular formula is C19H30N3O10+. The molecule has 0 aromatic rings. The first kappa shape index (κ1) is 35.4. The fourth-order valence-electron chi connectivity index (χ4n) is 0.984. The Kier molecular flexibility index (Phi) is 25.8. The maximum atomic E-state index is 10.7. The molecule has 0 aliphatic heterocycles. The van der Waals surface area contributed by atoms with Gasteiger partial charge in [0, 0.05) is 20.8 Å². The van der Waals surface area contributed by atoms with Crippen molar-refractivity contribution in [1.29, 1.82) is 0 Å². The predicted molar refractivity (Wildman–Crippen MR) is 112 cm³/mol. The molecule has 0 saturated heterocycles. The zero-order valence-electron chi connectivity index (χ0n) is 18.5. The van der Waals surface area contributed by atoms with Gasteiger partial charge in [-0.05, 0) is 19.1 Å². The standard InChI is InChI=1S/C7H9NO4.C5H9NO2.C4H6O3.C3H5NO/c1-5(9)8-7(11)3-4-12-6(2)10;1-3-5(8)6-4(2)7;1-3(5)7-4(2)6;1-2-3(4)5/h2-4H2,1H3;3-4,7H,1H2,2H3,(H,6,8);1-2H3;2H,1H2,(H2,4,5)/p+1/t;4-;;/m.0../s1. The third kappa shape index (κ3) is 50.2. The Hall–Kier alpha value is -4.00. The number of ether oxygens (including phenoxy) is 2. The molecule has 0 saturated carbocycles. The molecule has 0 spiro atoms. The lowest BCUT2D eigenvalue weighted by atomic mass is 10.4. The second-order valence-corrected chi connectivity index (χ2v) is 5.16. The van der Waals surface area contributed by atoms with E-state index < -0.39 is 41.9 Å². The van der Waals surface area contributed by atoms with Crippen molar-refractivity contribution in [3.8, 4) is 0 Å². The van der Waals surface area contributed by atoms with Gasteiger partial charge in [-0.2, -0.15) is 4.79 Å². The Balaban J connectivity index is -0.000000172. The first-order valence-electron chi connectivity index (χ1n) is 8.59. The highest BCUT2D eigenvalue weighted by Crippen LogP contribution is 1.83. The quantitative estimate of drug-likeness (QED) is 0.122. The van der Waals surface area contributed by atoms with Gasteiger partial charge in [-0.25, -0.2) is 0 Å².